The van der Waals surface area contributed by atoms with Crippen molar-refractivity contribution in [1.29, 1.82) is 0 Å². The lowest BCUT2D eigenvalue weighted by molar-refractivity contribution is -0.272. The molecule has 0 radical (unpaired) electrons. The van der Waals surface area contributed by atoms with Crippen molar-refractivity contribution in [2.24, 2.45) is 7.05 Å². The summed E-state index contributed by atoms with van der Waals surface area (Å²) < 4.78 is 41.0. The highest BCUT2D eigenvalue weighted by molar-refractivity contribution is 5.77. The second-order valence-corrected chi connectivity index (χ2v) is 5.53. The quantitative estimate of drug-likeness (QED) is 0.852. The first-order valence-corrected chi connectivity index (χ1v) is 6.88. The van der Waals surface area contributed by atoms with Crippen LogP contribution in [0.2, 0.25) is 0 Å². The molecular weight excluding hydrogens is 303 g/mol. The van der Waals surface area contributed by atoms with Gasteiger partial charge in [-0.25, -0.2) is 4.98 Å². The van der Waals surface area contributed by atoms with E-state index in [0.29, 0.717) is 12.8 Å². The van der Waals surface area contributed by atoms with Gasteiger partial charge >= 0.3 is 6.18 Å². The molecule has 2 unspecified atom stereocenters. The summed E-state index contributed by atoms with van der Waals surface area (Å²) in [5.41, 5.74) is -3.36. The van der Waals surface area contributed by atoms with Crippen LogP contribution in [0.1, 0.15) is 25.1 Å². The fourth-order valence-corrected chi connectivity index (χ4v) is 2.58. The fraction of sp³-hybridized carbons (Fsp3) is 0.692. The molecule has 1 aliphatic rings. The smallest absolute Gasteiger partial charge is 0.391 e. The Morgan fingerprint density at radius 2 is 2.18 bits per heavy atom. The minimum absolute atomic E-state index is 0.0205. The topological polar surface area (TPSA) is 78.6 Å². The Morgan fingerprint density at radius 3 is 2.68 bits per heavy atom. The number of amides is 1. The number of alkyl halides is 3. The van der Waals surface area contributed by atoms with Crippen LogP contribution in [0.5, 0.6) is 0 Å². The van der Waals surface area contributed by atoms with Crippen molar-refractivity contribution in [3.8, 4) is 0 Å². The number of piperidine rings is 1. The van der Waals surface area contributed by atoms with Gasteiger partial charge in [0.2, 0.25) is 11.5 Å². The van der Waals surface area contributed by atoms with Gasteiger partial charge in [0.15, 0.2) is 5.82 Å². The summed E-state index contributed by atoms with van der Waals surface area (Å²) in [5, 5.41) is 19.7. The summed E-state index contributed by atoms with van der Waals surface area (Å²) in [4.78, 5) is 16.8. The number of aromatic nitrogens is 2. The van der Waals surface area contributed by atoms with Gasteiger partial charge in [-0.05, 0) is 12.8 Å². The molecule has 0 saturated carbocycles. The number of rotatable bonds is 3. The molecule has 1 saturated heterocycles. The molecule has 0 aliphatic carbocycles. The molecule has 2 heterocycles. The van der Waals surface area contributed by atoms with Crippen molar-refractivity contribution in [1.82, 2.24) is 14.5 Å². The summed E-state index contributed by atoms with van der Waals surface area (Å²) >= 11 is 0. The molecule has 1 fully saturated rings. The number of β-amino-alcohol motifs (C(OH)–C–C–N with tert-alkyl or cyclic N) is 1. The summed E-state index contributed by atoms with van der Waals surface area (Å²) in [6.07, 6.45) is -3.54. The van der Waals surface area contributed by atoms with Crippen molar-refractivity contribution in [2.45, 2.75) is 37.1 Å². The Bertz CT molecular complexity index is 546. The fourth-order valence-electron chi connectivity index (χ4n) is 2.58. The van der Waals surface area contributed by atoms with Crippen LogP contribution >= 0.6 is 0 Å². The van der Waals surface area contributed by atoms with Gasteiger partial charge in [-0.15, -0.1) is 0 Å². The number of aryl methyl sites for hydroxylation is 1. The summed E-state index contributed by atoms with van der Waals surface area (Å²) in [5.74, 6) is -1.49. The first kappa shape index (κ1) is 16.8. The van der Waals surface area contributed by atoms with E-state index in [4.69, 9.17) is 0 Å². The number of hydrogen-bond donors (Lipinski definition) is 2. The van der Waals surface area contributed by atoms with Crippen molar-refractivity contribution in [3.05, 3.63) is 18.2 Å². The molecule has 1 amide bonds. The highest BCUT2D eigenvalue weighted by atomic mass is 19.4. The molecule has 1 aromatic rings. The zero-order chi connectivity index (χ0) is 16.5. The third kappa shape index (κ3) is 3.09. The van der Waals surface area contributed by atoms with E-state index in [2.05, 4.69) is 4.98 Å². The van der Waals surface area contributed by atoms with Crippen molar-refractivity contribution < 1.29 is 28.2 Å². The Balaban J connectivity index is 2.24. The molecule has 9 heteroatoms. The molecule has 22 heavy (non-hydrogen) atoms. The predicted molar refractivity (Wildman–Crippen MR) is 69.6 cm³/mol. The van der Waals surface area contributed by atoms with Crippen molar-refractivity contribution >= 4 is 5.91 Å². The van der Waals surface area contributed by atoms with Gasteiger partial charge in [-0.2, -0.15) is 13.2 Å². The normalized spacial score (nSPS) is 22.5. The van der Waals surface area contributed by atoms with Gasteiger partial charge in [-0.1, -0.05) is 0 Å². The molecule has 0 spiro atoms. The maximum Gasteiger partial charge on any atom is 0.425 e. The van der Waals surface area contributed by atoms with Crippen LogP contribution in [0.15, 0.2) is 12.4 Å². The van der Waals surface area contributed by atoms with E-state index in [1.54, 1.807) is 0 Å². The largest absolute Gasteiger partial charge is 0.425 e. The van der Waals surface area contributed by atoms with Gasteiger partial charge in [0, 0.05) is 32.5 Å². The maximum atomic E-state index is 13.3. The highest BCUT2D eigenvalue weighted by Gasteiger charge is 2.59. The highest BCUT2D eigenvalue weighted by Crippen LogP contribution is 2.41. The Kier molecular flexibility index (Phi) is 4.48. The zero-order valence-electron chi connectivity index (χ0n) is 12.0. The van der Waals surface area contributed by atoms with Gasteiger partial charge < -0.3 is 19.7 Å². The summed E-state index contributed by atoms with van der Waals surface area (Å²) in [6, 6.07) is 0. The van der Waals surface area contributed by atoms with Crippen LogP contribution in [0.3, 0.4) is 0 Å². The van der Waals surface area contributed by atoms with E-state index in [1.807, 2.05) is 0 Å². The molecular formula is C13H18F3N3O3. The Hall–Kier alpha value is -1.61. The minimum Gasteiger partial charge on any atom is -0.391 e. The van der Waals surface area contributed by atoms with Crippen LogP contribution in [0, 0.1) is 0 Å². The number of imidazole rings is 1. The molecule has 2 atom stereocenters. The van der Waals surface area contributed by atoms with Crippen LogP contribution in [0.25, 0.3) is 0 Å². The van der Waals surface area contributed by atoms with Crippen molar-refractivity contribution in [3.63, 3.8) is 0 Å². The minimum atomic E-state index is -5.05. The first-order chi connectivity index (χ1) is 10.1. The second-order valence-electron chi connectivity index (χ2n) is 5.53. The van der Waals surface area contributed by atoms with E-state index < -0.39 is 36.0 Å². The number of carbonyl (C=O) groups excluding carboxylic acids is 1. The van der Waals surface area contributed by atoms with Gasteiger partial charge in [0.25, 0.3) is 0 Å². The third-order valence-electron chi connectivity index (χ3n) is 3.82. The molecule has 1 aromatic heterocycles. The lowest BCUT2D eigenvalue weighted by Gasteiger charge is -2.34. The van der Waals surface area contributed by atoms with E-state index in [9.17, 15) is 28.2 Å². The standard InChI is InChI=1S/C13H18F3N3O3/c1-18-6-4-17-11(18)12(22,13(14,15)16)7-10(21)19-5-2-3-9(20)8-19/h4,6,9,20,22H,2-3,5,7-8H2,1H3. The number of nitrogens with zero attached hydrogens (tertiary/aromatic N) is 3. The van der Waals surface area contributed by atoms with Gasteiger partial charge in [-0.3, -0.25) is 4.79 Å². The second kappa shape index (κ2) is 5.88. The van der Waals surface area contributed by atoms with Crippen LogP contribution in [-0.2, 0) is 17.4 Å². The lowest BCUT2D eigenvalue weighted by atomic mass is 9.96. The monoisotopic (exact) mass is 321 g/mol. The lowest BCUT2D eigenvalue weighted by Crippen LogP contribution is -2.50. The zero-order valence-corrected chi connectivity index (χ0v) is 12.0. The van der Waals surface area contributed by atoms with Crippen LogP contribution in [-0.4, -0.2) is 55.9 Å². The molecule has 6 nitrogen and oxygen atoms in total. The van der Waals surface area contributed by atoms with Crippen LogP contribution in [0.4, 0.5) is 13.2 Å². The van der Waals surface area contributed by atoms with E-state index in [1.165, 1.54) is 13.2 Å². The molecule has 124 valence electrons. The number of carbonyl (C=O) groups is 1. The third-order valence-corrected chi connectivity index (χ3v) is 3.82. The van der Waals surface area contributed by atoms with Crippen molar-refractivity contribution in [2.75, 3.05) is 13.1 Å². The van der Waals surface area contributed by atoms with E-state index in [-0.39, 0.29) is 13.1 Å². The predicted octanol–water partition coefficient (Wildman–Crippen LogP) is 0.543. The Morgan fingerprint density at radius 1 is 1.50 bits per heavy atom. The van der Waals surface area contributed by atoms with Gasteiger partial charge in [0.1, 0.15) is 0 Å². The number of halogens is 3. The average molecular weight is 321 g/mol. The van der Waals surface area contributed by atoms with Crippen LogP contribution < -0.4 is 0 Å². The van der Waals surface area contributed by atoms with E-state index in [0.717, 1.165) is 15.7 Å². The van der Waals surface area contributed by atoms with Gasteiger partial charge in [0.05, 0.1) is 12.5 Å². The molecule has 0 bridgehead atoms. The average Bonchev–Trinajstić information content (AvgIpc) is 2.84. The number of likely N-dealkylation sites (tertiary alicyclic amines) is 1. The molecule has 2 rings (SSSR count). The Labute approximate surface area is 125 Å². The number of aliphatic hydroxyl groups excluding tert-OH is 1. The molecule has 1 aliphatic heterocycles. The summed E-state index contributed by atoms with van der Waals surface area (Å²) in [6.45, 7) is 0.248. The molecule has 2 N–H and O–H groups in total. The molecule has 0 aromatic carbocycles. The van der Waals surface area contributed by atoms with E-state index >= 15 is 0 Å². The number of hydrogen-bond acceptors (Lipinski definition) is 4. The SMILES string of the molecule is Cn1ccnc1C(O)(CC(=O)N1CCCC(O)C1)C(F)(F)F. The summed E-state index contributed by atoms with van der Waals surface area (Å²) in [7, 11) is 1.31. The maximum absolute atomic E-state index is 13.3. The number of aliphatic hydroxyl groups is 2. The first-order valence-electron chi connectivity index (χ1n) is 6.88.